The summed E-state index contributed by atoms with van der Waals surface area (Å²) in [5.74, 6) is 8.17. The van der Waals surface area contributed by atoms with Gasteiger partial charge in [-0.05, 0) is 97.1 Å². The van der Waals surface area contributed by atoms with Gasteiger partial charge < -0.3 is 45.0 Å². The van der Waals surface area contributed by atoms with Crippen molar-refractivity contribution in [2.45, 2.75) is 88.6 Å². The molecular formula is C43H48N8O7. The van der Waals surface area contributed by atoms with Crippen molar-refractivity contribution in [3.63, 3.8) is 0 Å². The van der Waals surface area contributed by atoms with Crippen molar-refractivity contribution in [2.75, 3.05) is 20.3 Å². The quantitative estimate of drug-likeness (QED) is 0.143. The SMILES string of the molecule is COC(=O)N[C@H](C(=O)N1[C@@H]2C[C@H]2C[C@H]1c1ncc(-c2ccc3cc(C#Cc4cnc([C@@H]5C[C@H]6C[C@H]6N5C(=O)[C@@H](NC(=O)O)C5CCOCC5)[nH]4)ccc3c2)[nH]1)C(C)C. The number of rotatable bonds is 9. The third kappa shape index (κ3) is 7.25. The molecule has 2 saturated carbocycles. The van der Waals surface area contributed by atoms with E-state index in [1.54, 1.807) is 6.20 Å². The molecule has 58 heavy (non-hydrogen) atoms. The van der Waals surface area contributed by atoms with E-state index in [4.69, 9.17) is 14.5 Å². The van der Waals surface area contributed by atoms with E-state index in [-0.39, 0.29) is 47.8 Å². The van der Waals surface area contributed by atoms with E-state index in [0.29, 0.717) is 49.4 Å². The van der Waals surface area contributed by atoms with Crippen molar-refractivity contribution in [2.24, 2.45) is 23.7 Å². The maximum Gasteiger partial charge on any atom is 0.407 e. The summed E-state index contributed by atoms with van der Waals surface area (Å²) in [5, 5.41) is 16.9. The highest BCUT2D eigenvalue weighted by molar-refractivity contribution is 5.89. The zero-order chi connectivity index (χ0) is 40.2. The zero-order valence-electron chi connectivity index (χ0n) is 32.7. The van der Waals surface area contributed by atoms with Crippen LogP contribution in [0.15, 0.2) is 48.8 Å². The lowest BCUT2D eigenvalue weighted by atomic mass is 9.90. The lowest BCUT2D eigenvalue weighted by Crippen LogP contribution is -2.53. The molecule has 5 aliphatic rings. The second kappa shape index (κ2) is 15.1. The van der Waals surface area contributed by atoms with Gasteiger partial charge in [0.2, 0.25) is 11.8 Å². The molecule has 8 atom stereocenters. The first-order chi connectivity index (χ1) is 28.1. The van der Waals surface area contributed by atoms with Crippen LogP contribution in [0, 0.1) is 35.5 Å². The Morgan fingerprint density at radius 3 is 2.19 bits per heavy atom. The highest BCUT2D eigenvalue weighted by Gasteiger charge is 2.57. The van der Waals surface area contributed by atoms with Gasteiger partial charge in [-0.1, -0.05) is 38.0 Å². The monoisotopic (exact) mass is 788 g/mol. The number of fused-ring (bicyclic) bond motifs is 3. The number of aromatic nitrogens is 4. The van der Waals surface area contributed by atoms with Crippen LogP contribution < -0.4 is 10.6 Å². The number of carbonyl (C=O) groups excluding carboxylic acids is 3. The topological polar surface area (TPSA) is 195 Å². The number of methoxy groups -OCH3 is 1. The summed E-state index contributed by atoms with van der Waals surface area (Å²) in [4.78, 5) is 71.5. The van der Waals surface area contributed by atoms with E-state index in [1.165, 1.54) is 7.11 Å². The first-order valence-corrected chi connectivity index (χ1v) is 20.3. The number of likely N-dealkylation sites (tertiary alicyclic amines) is 2. The normalized spacial score (nSPS) is 25.7. The number of amides is 4. The first-order valence-electron chi connectivity index (χ1n) is 20.3. The number of carbonyl (C=O) groups is 4. The fourth-order valence-corrected chi connectivity index (χ4v) is 9.47. The lowest BCUT2D eigenvalue weighted by molar-refractivity contribution is -0.138. The molecule has 0 unspecified atom stereocenters. The molecule has 5 N–H and O–H groups in total. The van der Waals surface area contributed by atoms with Crippen LogP contribution in [-0.4, -0.2) is 103 Å². The Morgan fingerprint density at radius 1 is 0.845 bits per heavy atom. The fraction of sp³-hybridized carbons (Fsp3) is 0.488. The summed E-state index contributed by atoms with van der Waals surface area (Å²) in [5.41, 5.74) is 3.30. The van der Waals surface area contributed by atoms with Crippen LogP contribution >= 0.6 is 0 Å². The van der Waals surface area contributed by atoms with E-state index in [0.717, 1.165) is 59.1 Å². The van der Waals surface area contributed by atoms with Crippen LogP contribution in [0.3, 0.4) is 0 Å². The number of H-pyrrole nitrogens is 2. The van der Waals surface area contributed by atoms with Crippen molar-refractivity contribution in [3.8, 4) is 23.1 Å². The van der Waals surface area contributed by atoms with Gasteiger partial charge >= 0.3 is 12.2 Å². The number of carboxylic acid groups (broad SMARTS) is 1. The van der Waals surface area contributed by atoms with Crippen LogP contribution in [0.5, 0.6) is 0 Å². The second-order valence-electron chi connectivity index (χ2n) is 16.7. The van der Waals surface area contributed by atoms with E-state index in [9.17, 15) is 24.3 Å². The minimum atomic E-state index is -1.20. The van der Waals surface area contributed by atoms with Crippen molar-refractivity contribution in [1.29, 1.82) is 0 Å². The number of benzene rings is 2. The Bertz CT molecular complexity index is 2320. The van der Waals surface area contributed by atoms with Gasteiger partial charge in [-0.25, -0.2) is 19.6 Å². The minimum Gasteiger partial charge on any atom is -0.465 e. The molecular weight excluding hydrogens is 741 g/mol. The summed E-state index contributed by atoms with van der Waals surface area (Å²) in [6.45, 7) is 4.86. The van der Waals surface area contributed by atoms with Gasteiger partial charge in [0, 0.05) is 36.4 Å². The van der Waals surface area contributed by atoms with Gasteiger partial charge in [0.1, 0.15) is 29.4 Å². The van der Waals surface area contributed by atoms with E-state index in [1.807, 2.05) is 54.1 Å². The molecule has 4 aromatic rings. The van der Waals surface area contributed by atoms with Gasteiger partial charge in [-0.2, -0.15) is 0 Å². The van der Waals surface area contributed by atoms with Crippen molar-refractivity contribution in [1.82, 2.24) is 40.4 Å². The summed E-state index contributed by atoms with van der Waals surface area (Å²) in [6.07, 6.45) is 6.46. The molecule has 0 bridgehead atoms. The van der Waals surface area contributed by atoms with Crippen molar-refractivity contribution in [3.05, 3.63) is 71.7 Å². The highest BCUT2D eigenvalue weighted by atomic mass is 16.5. The summed E-state index contributed by atoms with van der Waals surface area (Å²) < 4.78 is 10.3. The average molecular weight is 789 g/mol. The fourth-order valence-electron chi connectivity index (χ4n) is 9.47. The molecule has 4 amide bonds. The van der Waals surface area contributed by atoms with Crippen LogP contribution in [-0.2, 0) is 19.1 Å². The number of alkyl carbamates (subject to hydrolysis) is 1. The Hall–Kier alpha value is -5.88. The molecule has 2 aromatic heterocycles. The summed E-state index contributed by atoms with van der Waals surface area (Å²) in [6, 6.07) is 10.6. The number of imidazole rings is 2. The zero-order valence-corrected chi connectivity index (χ0v) is 32.7. The number of nitrogens with one attached hydrogen (secondary N) is 4. The number of ether oxygens (including phenoxy) is 2. The molecule has 2 aromatic carbocycles. The molecule has 3 saturated heterocycles. The summed E-state index contributed by atoms with van der Waals surface area (Å²) in [7, 11) is 1.30. The lowest BCUT2D eigenvalue weighted by Gasteiger charge is -2.35. The average Bonchev–Trinajstić information content (AvgIpc) is 3.82. The van der Waals surface area contributed by atoms with Crippen molar-refractivity contribution < 1.29 is 33.8 Å². The number of hydrogen-bond acceptors (Lipinski definition) is 8. The number of nitrogens with zero attached hydrogens (tertiary/aromatic N) is 4. The summed E-state index contributed by atoms with van der Waals surface area (Å²) >= 11 is 0. The molecule has 15 heteroatoms. The van der Waals surface area contributed by atoms with Gasteiger partial charge in [-0.3, -0.25) is 9.59 Å². The standard InChI is InChI=1S/C43H48N8O7/c1-22(2)36(49-43(56)57-3)40(52)50-32-16-29(32)19-35(50)39-45-21-31(47-39)27-8-7-25-14-23(4-6-26(25)15-27)5-9-30-20-44-38(46-30)34-18-28-17-33(28)51(34)41(53)37(48-42(54)55)24-10-12-58-13-11-24/h4,6-8,14-15,20-22,24,28-29,32-37,48H,10-13,16-19H2,1-3H3,(H,44,46)(H,45,47)(H,49,56)(H,54,55)/t28-,29+,32-,33-,34+,35+,36+,37+/m1/s1. The minimum absolute atomic E-state index is 0.100. The van der Waals surface area contributed by atoms with E-state index in [2.05, 4.69) is 49.6 Å². The molecule has 302 valence electrons. The number of piperidine rings is 2. The predicted octanol–water partition coefficient (Wildman–Crippen LogP) is 5.12. The molecule has 5 fully saturated rings. The Kier molecular flexibility index (Phi) is 9.83. The van der Waals surface area contributed by atoms with Crippen LogP contribution in [0.4, 0.5) is 9.59 Å². The Labute approximate surface area is 335 Å². The number of aromatic amines is 2. The van der Waals surface area contributed by atoms with Crippen LogP contribution in [0.25, 0.3) is 22.0 Å². The smallest absolute Gasteiger partial charge is 0.407 e. The highest BCUT2D eigenvalue weighted by Crippen LogP contribution is 2.54. The van der Waals surface area contributed by atoms with E-state index >= 15 is 0 Å². The number of hydrogen-bond donors (Lipinski definition) is 5. The Morgan fingerprint density at radius 2 is 1.50 bits per heavy atom. The van der Waals surface area contributed by atoms with Crippen LogP contribution in [0.1, 0.15) is 87.4 Å². The molecule has 0 spiro atoms. The molecule has 5 heterocycles. The van der Waals surface area contributed by atoms with Crippen molar-refractivity contribution >= 4 is 34.8 Å². The second-order valence-corrected chi connectivity index (χ2v) is 16.7. The molecule has 0 radical (unpaired) electrons. The van der Waals surface area contributed by atoms with Gasteiger partial charge in [0.15, 0.2) is 0 Å². The van der Waals surface area contributed by atoms with Gasteiger partial charge in [0.05, 0.1) is 37.3 Å². The first kappa shape index (κ1) is 37.7. The Balaban J connectivity index is 0.880. The molecule has 9 rings (SSSR count). The van der Waals surface area contributed by atoms with Gasteiger partial charge in [-0.15, -0.1) is 0 Å². The molecule has 3 aliphatic heterocycles. The maximum atomic E-state index is 14.0. The largest absolute Gasteiger partial charge is 0.465 e. The third-order valence-corrected chi connectivity index (χ3v) is 12.7. The predicted molar refractivity (Wildman–Crippen MR) is 211 cm³/mol. The van der Waals surface area contributed by atoms with Crippen LogP contribution in [0.2, 0.25) is 0 Å². The van der Waals surface area contributed by atoms with E-state index < -0.39 is 24.3 Å². The maximum absolute atomic E-state index is 14.0. The third-order valence-electron chi connectivity index (χ3n) is 12.7. The molecule has 15 nitrogen and oxygen atoms in total. The molecule has 2 aliphatic carbocycles. The van der Waals surface area contributed by atoms with Gasteiger partial charge in [0.25, 0.3) is 0 Å².